The maximum atomic E-state index is 10.2. The third-order valence-corrected chi connectivity index (χ3v) is 4.14. The zero-order valence-electron chi connectivity index (χ0n) is 17.2. The number of hydrogen-bond acceptors (Lipinski definition) is 3. The van der Waals surface area contributed by atoms with E-state index >= 15 is 0 Å². The molecule has 0 atom stereocenters. The predicted molar refractivity (Wildman–Crippen MR) is 96.4 cm³/mol. The number of carboxylic acids is 1. The molecule has 0 aliphatic heterocycles. The zero-order valence-corrected chi connectivity index (χ0v) is 23.2. The standard InChI is InChI=1S/C10H18O2.C8H19N.CN.4Cu.2Fe/c11-10(12)8-4-7-9-5-2-1-3-6-9;1-3-5-7-9-8-6-4-2;1-2;;;;;;/h9H,1-8H2,(H,11,12);9H,3-8H2,1-2H3;;;;;;;. The molecule has 4 nitrogen and oxygen atoms in total. The Morgan fingerprint density at radius 1 is 1.00 bits per heavy atom. The van der Waals surface area contributed by atoms with Gasteiger partial charge < -0.3 is 10.4 Å². The second kappa shape index (κ2) is 43.8. The van der Waals surface area contributed by atoms with Gasteiger partial charge in [-0.15, -0.1) is 0 Å². The van der Waals surface area contributed by atoms with Gasteiger partial charge in [0.15, 0.2) is 0 Å². The van der Waals surface area contributed by atoms with E-state index in [9.17, 15) is 4.79 Å². The molecule has 0 amide bonds. The Kier molecular flexibility index (Phi) is 73.3. The second-order valence-electron chi connectivity index (χ2n) is 6.31. The van der Waals surface area contributed by atoms with Crippen molar-refractivity contribution in [3.05, 3.63) is 0 Å². The van der Waals surface area contributed by atoms with Gasteiger partial charge in [-0.3, -0.25) is 4.79 Å². The fourth-order valence-electron chi connectivity index (χ4n) is 2.75. The fraction of sp³-hybridized carbons (Fsp3) is 0.895. The molecule has 0 aromatic carbocycles. The van der Waals surface area contributed by atoms with Crippen molar-refractivity contribution in [2.24, 2.45) is 5.92 Å². The minimum atomic E-state index is -0.647. The molecule has 1 aliphatic carbocycles. The molecule has 3 radical (unpaired) electrons. The first kappa shape index (κ1) is 48.5. The number of carbonyl (C=O) groups is 1. The van der Waals surface area contributed by atoms with E-state index in [2.05, 4.69) is 35.2 Å². The number of rotatable bonds is 10. The summed E-state index contributed by atoms with van der Waals surface area (Å²) >= 11 is 3.81. The van der Waals surface area contributed by atoms with Crippen LogP contribution in [0.4, 0.5) is 0 Å². The van der Waals surface area contributed by atoms with Gasteiger partial charge in [-0.05, 0) is 44.7 Å². The Balaban J connectivity index is -0.0000000520. The summed E-state index contributed by atoms with van der Waals surface area (Å²) in [5.74, 6) is 0.184. The predicted octanol–water partition coefficient (Wildman–Crippen LogP) is 5.00. The number of aliphatic carboxylic acids is 1. The summed E-state index contributed by atoms with van der Waals surface area (Å²) in [4.78, 5) is 11.6. The molecule has 195 valence electrons. The van der Waals surface area contributed by atoms with Crippen LogP contribution in [0.15, 0.2) is 0 Å². The Morgan fingerprint density at radius 3 is 1.76 bits per heavy atom. The van der Waals surface area contributed by atoms with Crippen LogP contribution >= 0.6 is 0 Å². The van der Waals surface area contributed by atoms with Gasteiger partial charge in [0.05, 0.1) is 0 Å². The van der Waals surface area contributed by atoms with Crippen molar-refractivity contribution in [1.29, 1.82) is 5.26 Å². The van der Waals surface area contributed by atoms with Crippen LogP contribution in [-0.2, 0) is 106 Å². The van der Waals surface area contributed by atoms with Crippen molar-refractivity contribution in [2.75, 3.05) is 13.1 Å². The first-order valence-corrected chi connectivity index (χ1v) is 9.97. The van der Waals surface area contributed by atoms with Crippen molar-refractivity contribution in [2.45, 2.75) is 90.9 Å². The van der Waals surface area contributed by atoms with Gasteiger partial charge in [0.2, 0.25) is 0 Å². The molecule has 10 heteroatoms. The molecule has 1 fully saturated rings. The van der Waals surface area contributed by atoms with Crippen LogP contribution in [-0.4, -0.2) is 24.2 Å². The Bertz CT molecular complexity index is 315. The minimum absolute atomic E-state index is 0. The molecule has 0 aromatic heterocycles. The molecule has 0 heterocycles. The molecule has 0 spiro atoms. The largest absolute Gasteiger partial charge is 0.481 e. The van der Waals surface area contributed by atoms with Crippen LogP contribution in [0.3, 0.4) is 0 Å². The summed E-state index contributed by atoms with van der Waals surface area (Å²) in [7, 11) is 0. The van der Waals surface area contributed by atoms with E-state index in [1.807, 2.05) is 0 Å². The van der Waals surface area contributed by atoms with Crippen LogP contribution in [0.1, 0.15) is 90.9 Å². The first-order chi connectivity index (χ1) is 11.6. The molecule has 0 aromatic rings. The monoisotopic (exact) mass is 689 g/mol. The summed E-state index contributed by atoms with van der Waals surface area (Å²) in [5, 5.41) is 19.0. The van der Waals surface area contributed by atoms with Gasteiger partial charge in [0, 0.05) is 91.8 Å². The van der Waals surface area contributed by atoms with E-state index in [1.54, 1.807) is 0 Å². The van der Waals surface area contributed by atoms with Crippen molar-refractivity contribution in [3.8, 4) is 4.97 Å². The Hall–Kier alpha value is 2.04. The van der Waals surface area contributed by atoms with E-state index in [-0.39, 0.29) is 85.3 Å². The van der Waals surface area contributed by atoms with E-state index in [0.717, 1.165) is 18.8 Å². The van der Waals surface area contributed by atoms with Crippen molar-refractivity contribution >= 4 is 5.97 Å². The molecule has 1 saturated carbocycles. The van der Waals surface area contributed by atoms with Crippen LogP contribution in [0.25, 0.3) is 0 Å². The van der Waals surface area contributed by atoms with Gasteiger partial charge in [0.25, 0.3) is 0 Å². The molecule has 2 N–H and O–H groups in total. The molecule has 0 bridgehead atoms. The number of hydrogen-bond donors (Lipinski definition) is 2. The first-order valence-electron chi connectivity index (χ1n) is 9.50. The van der Waals surface area contributed by atoms with E-state index in [0.29, 0.717) is 6.42 Å². The van der Waals surface area contributed by atoms with Gasteiger partial charge in [-0.1, -0.05) is 58.8 Å². The van der Waals surface area contributed by atoms with E-state index < -0.39 is 5.97 Å². The molecule has 0 saturated heterocycles. The number of nitriles is 1. The summed E-state index contributed by atoms with van der Waals surface area (Å²) in [6.07, 6.45) is 14.4. The fourth-order valence-corrected chi connectivity index (χ4v) is 2.75. The maximum Gasteiger partial charge on any atom is 0.303 e. The van der Waals surface area contributed by atoms with E-state index in [1.165, 1.54) is 75.8 Å². The molecule has 29 heavy (non-hydrogen) atoms. The van der Waals surface area contributed by atoms with E-state index in [4.69, 9.17) is 10.4 Å². The Morgan fingerprint density at radius 2 is 1.41 bits per heavy atom. The molecule has 0 unspecified atom stereocenters. The number of nitrogens with one attached hydrogen (secondary N) is 1. The van der Waals surface area contributed by atoms with Crippen LogP contribution in [0, 0.1) is 16.1 Å². The molecule has 1 rings (SSSR count). The molecular formula is C19H37Cu4Fe2N2O2. The zero-order chi connectivity index (χ0) is 18.5. The van der Waals surface area contributed by atoms with Gasteiger partial charge in [0.1, 0.15) is 0 Å². The summed E-state index contributed by atoms with van der Waals surface area (Å²) in [6, 6.07) is 0. The van der Waals surface area contributed by atoms with Crippen LogP contribution < -0.4 is 5.32 Å². The minimum Gasteiger partial charge on any atom is -0.481 e. The van der Waals surface area contributed by atoms with Gasteiger partial charge in [-0.25, -0.2) is 0 Å². The van der Waals surface area contributed by atoms with Crippen LogP contribution in [0.2, 0.25) is 0 Å². The number of unbranched alkanes of at least 4 members (excludes halogenated alkanes) is 2. The normalized spacial score (nSPS) is 11.4. The summed E-state index contributed by atoms with van der Waals surface area (Å²) < 4.78 is 0. The average Bonchev–Trinajstić information content (AvgIpc) is 2.57. The quantitative estimate of drug-likeness (QED) is 0.250. The van der Waals surface area contributed by atoms with Crippen molar-refractivity contribution < 1.29 is 111 Å². The van der Waals surface area contributed by atoms with Crippen molar-refractivity contribution in [1.82, 2.24) is 5.32 Å². The third-order valence-electron chi connectivity index (χ3n) is 4.14. The number of carboxylic acid groups (broad SMARTS) is 1. The molecule has 1 aliphatic rings. The summed E-state index contributed by atoms with van der Waals surface area (Å²) in [6.45, 7) is 6.86. The van der Waals surface area contributed by atoms with Crippen molar-refractivity contribution in [3.63, 3.8) is 0 Å². The average molecular weight is 691 g/mol. The molecular weight excluding hydrogens is 654 g/mol. The van der Waals surface area contributed by atoms with Gasteiger partial charge in [-0.2, -0.15) is 0 Å². The Labute approximate surface area is 240 Å². The van der Waals surface area contributed by atoms with Crippen LogP contribution in [0.5, 0.6) is 0 Å². The maximum absolute atomic E-state index is 10.2. The number of nitrogens with zero attached hydrogens (tertiary/aromatic N) is 1. The topological polar surface area (TPSA) is 73.1 Å². The smallest absolute Gasteiger partial charge is 0.303 e. The van der Waals surface area contributed by atoms with Gasteiger partial charge >= 0.3 is 32.2 Å². The SMILES string of the molecule is CCCCNCCCC.N#[C][Cu].O=C(O)CCCC1CCCCC1.[Cu].[Cu].[Cu].[Fe].[Fe]. The second-order valence-corrected chi connectivity index (χ2v) is 6.53. The summed E-state index contributed by atoms with van der Waals surface area (Å²) in [5.41, 5.74) is 0. The third kappa shape index (κ3) is 48.6.